The van der Waals surface area contributed by atoms with Gasteiger partial charge in [-0.1, -0.05) is 29.8 Å². The minimum Gasteiger partial charge on any atom is -0.491 e. The molecule has 0 spiro atoms. The molecule has 3 rings (SSSR count). The maximum Gasteiger partial charge on any atom is 0.234 e. The zero-order chi connectivity index (χ0) is 20.7. The number of hydrogen-bond donors (Lipinski definition) is 2. The number of benzene rings is 2. The minimum absolute atomic E-state index is 0.0735. The van der Waals surface area contributed by atoms with Crippen LogP contribution in [-0.2, 0) is 11.3 Å². The van der Waals surface area contributed by atoms with Crippen molar-refractivity contribution >= 4 is 5.91 Å². The van der Waals surface area contributed by atoms with Gasteiger partial charge in [-0.2, -0.15) is 0 Å². The summed E-state index contributed by atoms with van der Waals surface area (Å²) in [7, 11) is 0. The molecule has 2 aromatic carbocycles. The van der Waals surface area contributed by atoms with Gasteiger partial charge in [-0.25, -0.2) is 4.39 Å². The fourth-order valence-corrected chi connectivity index (χ4v) is 3.45. The van der Waals surface area contributed by atoms with Gasteiger partial charge >= 0.3 is 0 Å². The highest BCUT2D eigenvalue weighted by molar-refractivity contribution is 5.78. The first-order valence-corrected chi connectivity index (χ1v) is 10.1. The van der Waals surface area contributed by atoms with Gasteiger partial charge < -0.3 is 15.2 Å². The molecule has 1 fully saturated rings. The van der Waals surface area contributed by atoms with E-state index in [9.17, 15) is 14.3 Å². The lowest BCUT2D eigenvalue weighted by Crippen LogP contribution is -2.40. The number of hydrogen-bond acceptors (Lipinski definition) is 4. The third kappa shape index (κ3) is 6.84. The first-order valence-electron chi connectivity index (χ1n) is 10.1. The molecule has 29 heavy (non-hydrogen) atoms. The van der Waals surface area contributed by atoms with Gasteiger partial charge in [0.05, 0.1) is 12.1 Å². The van der Waals surface area contributed by atoms with Crippen molar-refractivity contribution in [2.75, 3.05) is 26.2 Å². The number of rotatable bonds is 7. The van der Waals surface area contributed by atoms with E-state index >= 15 is 0 Å². The molecule has 2 aromatic rings. The molecule has 0 aromatic heterocycles. The van der Waals surface area contributed by atoms with Gasteiger partial charge in [-0.15, -0.1) is 0 Å². The van der Waals surface area contributed by atoms with Crippen LogP contribution in [0.4, 0.5) is 4.39 Å². The number of carbonyl (C=O) groups excluding carboxylic acids is 1. The Morgan fingerprint density at radius 1 is 1.14 bits per heavy atom. The number of carbonyl (C=O) groups is 1. The summed E-state index contributed by atoms with van der Waals surface area (Å²) in [6.45, 7) is 4.33. The van der Waals surface area contributed by atoms with Crippen molar-refractivity contribution < 1.29 is 19.0 Å². The standard InChI is InChI=1S/C23H29FN2O3/c1-18-3-9-21(10-4-18)29-17-23(28)11-2-13-26(14-12-23)16-22(27)25-15-19-5-7-20(24)8-6-19/h3-10,28H,2,11-17H2,1H3,(H,25,27). The lowest BCUT2D eigenvalue weighted by Gasteiger charge is -2.27. The zero-order valence-corrected chi connectivity index (χ0v) is 16.9. The fourth-order valence-electron chi connectivity index (χ4n) is 3.45. The van der Waals surface area contributed by atoms with Crippen molar-refractivity contribution in [3.8, 4) is 5.75 Å². The Bertz CT molecular complexity index is 795. The molecule has 5 nitrogen and oxygen atoms in total. The topological polar surface area (TPSA) is 61.8 Å². The van der Waals surface area contributed by atoms with E-state index in [-0.39, 0.29) is 24.9 Å². The molecule has 1 atom stereocenters. The van der Waals surface area contributed by atoms with Gasteiger partial charge in [0.2, 0.25) is 5.91 Å². The number of amides is 1. The number of ether oxygens (including phenoxy) is 1. The Kier molecular flexibility index (Phi) is 7.23. The molecule has 156 valence electrons. The maximum atomic E-state index is 12.9. The molecular weight excluding hydrogens is 371 g/mol. The molecule has 1 aliphatic rings. The van der Waals surface area contributed by atoms with Gasteiger partial charge in [0, 0.05) is 13.1 Å². The number of nitrogens with zero attached hydrogens (tertiary/aromatic N) is 1. The smallest absolute Gasteiger partial charge is 0.234 e. The molecule has 1 aliphatic heterocycles. The number of nitrogens with one attached hydrogen (secondary N) is 1. The normalized spacial score (nSPS) is 20.1. The predicted octanol–water partition coefficient (Wildman–Crippen LogP) is 3.05. The maximum absolute atomic E-state index is 12.9. The van der Waals surface area contributed by atoms with Crippen LogP contribution < -0.4 is 10.1 Å². The second-order valence-corrected chi connectivity index (χ2v) is 7.86. The Labute approximate surface area is 171 Å². The summed E-state index contributed by atoms with van der Waals surface area (Å²) in [5.41, 5.74) is 1.14. The quantitative estimate of drug-likeness (QED) is 0.750. The van der Waals surface area contributed by atoms with E-state index < -0.39 is 5.60 Å². The lowest BCUT2D eigenvalue weighted by atomic mass is 9.96. The molecule has 1 heterocycles. The summed E-state index contributed by atoms with van der Waals surface area (Å²) in [5.74, 6) is 0.393. The molecule has 0 bridgehead atoms. The molecular formula is C23H29FN2O3. The van der Waals surface area contributed by atoms with E-state index in [0.717, 1.165) is 24.3 Å². The van der Waals surface area contributed by atoms with Crippen LogP contribution in [0.25, 0.3) is 0 Å². The van der Waals surface area contributed by atoms with Crippen LogP contribution in [0.2, 0.25) is 0 Å². The van der Waals surface area contributed by atoms with E-state index in [1.807, 2.05) is 31.2 Å². The van der Waals surface area contributed by atoms with E-state index in [2.05, 4.69) is 10.2 Å². The molecule has 2 N–H and O–H groups in total. The molecule has 6 heteroatoms. The van der Waals surface area contributed by atoms with E-state index in [4.69, 9.17) is 4.74 Å². The van der Waals surface area contributed by atoms with Gasteiger partial charge in [-0.3, -0.25) is 9.69 Å². The summed E-state index contributed by atoms with van der Waals surface area (Å²) in [6.07, 6.45) is 2.01. The van der Waals surface area contributed by atoms with Crippen LogP contribution in [0.3, 0.4) is 0 Å². The van der Waals surface area contributed by atoms with Crippen LogP contribution >= 0.6 is 0 Å². The van der Waals surface area contributed by atoms with Crippen molar-refractivity contribution in [3.05, 3.63) is 65.5 Å². The van der Waals surface area contributed by atoms with E-state index in [0.29, 0.717) is 25.9 Å². The van der Waals surface area contributed by atoms with E-state index in [1.165, 1.54) is 17.7 Å². The third-order valence-corrected chi connectivity index (χ3v) is 5.31. The summed E-state index contributed by atoms with van der Waals surface area (Å²) < 4.78 is 18.7. The van der Waals surface area contributed by atoms with Crippen LogP contribution in [0, 0.1) is 12.7 Å². The average molecular weight is 400 g/mol. The molecule has 1 unspecified atom stereocenters. The molecule has 1 amide bonds. The van der Waals surface area contributed by atoms with Gasteiger partial charge in [0.1, 0.15) is 18.2 Å². The first kappa shape index (κ1) is 21.3. The Morgan fingerprint density at radius 3 is 2.59 bits per heavy atom. The first-order chi connectivity index (χ1) is 13.9. The highest BCUT2D eigenvalue weighted by atomic mass is 19.1. The number of halogens is 1. The van der Waals surface area contributed by atoms with Crippen LogP contribution in [-0.4, -0.2) is 47.8 Å². The Hall–Kier alpha value is -2.44. The molecule has 1 saturated heterocycles. The number of likely N-dealkylation sites (tertiary alicyclic amines) is 1. The largest absolute Gasteiger partial charge is 0.491 e. The minimum atomic E-state index is -0.885. The SMILES string of the molecule is Cc1ccc(OCC2(O)CCCN(CC(=O)NCc3ccc(F)cc3)CC2)cc1. The second-order valence-electron chi connectivity index (χ2n) is 7.86. The molecule has 0 radical (unpaired) electrons. The van der Waals surface area contributed by atoms with Gasteiger partial charge in [0.25, 0.3) is 0 Å². The monoisotopic (exact) mass is 400 g/mol. The zero-order valence-electron chi connectivity index (χ0n) is 16.9. The van der Waals surface area contributed by atoms with Crippen molar-refractivity contribution in [2.45, 2.75) is 38.3 Å². The predicted molar refractivity (Wildman–Crippen MR) is 110 cm³/mol. The van der Waals surface area contributed by atoms with Crippen LogP contribution in [0.5, 0.6) is 5.75 Å². The van der Waals surface area contributed by atoms with Gasteiger partial charge in [0.15, 0.2) is 0 Å². The highest BCUT2D eigenvalue weighted by Crippen LogP contribution is 2.24. The Balaban J connectivity index is 1.42. The van der Waals surface area contributed by atoms with Crippen molar-refractivity contribution in [3.63, 3.8) is 0 Å². The average Bonchev–Trinajstić information content (AvgIpc) is 2.89. The van der Waals surface area contributed by atoms with Crippen LogP contribution in [0.15, 0.2) is 48.5 Å². The summed E-state index contributed by atoms with van der Waals surface area (Å²) in [5, 5.41) is 13.8. The van der Waals surface area contributed by atoms with Crippen molar-refractivity contribution in [2.24, 2.45) is 0 Å². The number of aryl methyl sites for hydroxylation is 1. The highest BCUT2D eigenvalue weighted by Gasteiger charge is 2.31. The Morgan fingerprint density at radius 2 is 1.86 bits per heavy atom. The van der Waals surface area contributed by atoms with E-state index in [1.54, 1.807) is 12.1 Å². The summed E-state index contributed by atoms with van der Waals surface area (Å²) in [6, 6.07) is 13.9. The van der Waals surface area contributed by atoms with Crippen LogP contribution in [0.1, 0.15) is 30.4 Å². The fraction of sp³-hybridized carbons (Fsp3) is 0.435. The molecule has 0 saturated carbocycles. The third-order valence-electron chi connectivity index (χ3n) is 5.31. The number of aliphatic hydroxyl groups is 1. The molecule has 0 aliphatic carbocycles. The summed E-state index contributed by atoms with van der Waals surface area (Å²) >= 11 is 0. The van der Waals surface area contributed by atoms with Crippen molar-refractivity contribution in [1.29, 1.82) is 0 Å². The second kappa shape index (κ2) is 9.85. The summed E-state index contributed by atoms with van der Waals surface area (Å²) in [4.78, 5) is 14.3. The van der Waals surface area contributed by atoms with Gasteiger partial charge in [-0.05, 0) is 62.6 Å². The van der Waals surface area contributed by atoms with Crippen molar-refractivity contribution in [1.82, 2.24) is 10.2 Å². The lowest BCUT2D eigenvalue weighted by molar-refractivity contribution is -0.122.